The average Bonchev–Trinajstić information content (AvgIpc) is 2.79. The van der Waals surface area contributed by atoms with Crippen LogP contribution in [0.1, 0.15) is 29.7 Å². The Morgan fingerprint density at radius 1 is 1.47 bits per heavy atom. The molecule has 4 nitrogen and oxygen atoms in total. The largest absolute Gasteiger partial charge is 0.446 e. The zero-order valence-electron chi connectivity index (χ0n) is 10.7. The lowest BCUT2D eigenvalue weighted by Gasteiger charge is -2.25. The van der Waals surface area contributed by atoms with E-state index in [1.807, 2.05) is 0 Å². The Kier molecular flexibility index (Phi) is 2.92. The van der Waals surface area contributed by atoms with Crippen molar-refractivity contribution in [2.45, 2.75) is 25.7 Å². The van der Waals surface area contributed by atoms with Gasteiger partial charge in [-0.2, -0.15) is 0 Å². The second kappa shape index (κ2) is 4.42. The van der Waals surface area contributed by atoms with Crippen LogP contribution in [0, 0.1) is 12.8 Å². The molecule has 2 saturated heterocycles. The van der Waals surface area contributed by atoms with Crippen molar-refractivity contribution in [3.8, 4) is 0 Å². The minimum atomic E-state index is 0.581. The lowest BCUT2D eigenvalue weighted by atomic mass is 9.99. The van der Waals surface area contributed by atoms with Gasteiger partial charge >= 0.3 is 0 Å². The maximum Gasteiger partial charge on any atom is 0.194 e. The first kappa shape index (κ1) is 11.2. The van der Waals surface area contributed by atoms with Gasteiger partial charge in [0.15, 0.2) is 5.89 Å². The average molecular weight is 235 g/mol. The molecule has 4 heteroatoms. The molecule has 3 rings (SSSR count). The summed E-state index contributed by atoms with van der Waals surface area (Å²) in [6, 6.07) is 0. The standard InChI is InChI=1S/C13H21N3O/c1-9-13(11-3-4-16(2)8-11)15-12(17-9)5-10-6-14-7-10/h10-11,14H,3-8H2,1-2H3. The van der Waals surface area contributed by atoms with Crippen molar-refractivity contribution >= 4 is 0 Å². The predicted octanol–water partition coefficient (Wildman–Crippen LogP) is 1.16. The van der Waals surface area contributed by atoms with Crippen LogP contribution in [0.2, 0.25) is 0 Å². The Balaban J connectivity index is 1.71. The minimum Gasteiger partial charge on any atom is -0.446 e. The molecule has 1 atom stereocenters. The first-order valence-electron chi connectivity index (χ1n) is 6.58. The minimum absolute atomic E-state index is 0.581. The lowest BCUT2D eigenvalue weighted by Crippen LogP contribution is -2.43. The summed E-state index contributed by atoms with van der Waals surface area (Å²) in [5, 5.41) is 3.29. The van der Waals surface area contributed by atoms with E-state index in [0.29, 0.717) is 5.92 Å². The van der Waals surface area contributed by atoms with Crippen LogP contribution in [0.25, 0.3) is 0 Å². The van der Waals surface area contributed by atoms with Crippen molar-refractivity contribution in [3.63, 3.8) is 0 Å². The fourth-order valence-electron chi connectivity index (χ4n) is 2.83. The highest BCUT2D eigenvalue weighted by Crippen LogP contribution is 2.29. The molecule has 3 heterocycles. The third-order valence-corrected chi connectivity index (χ3v) is 3.98. The molecule has 1 N–H and O–H groups in total. The molecule has 0 radical (unpaired) electrons. The van der Waals surface area contributed by atoms with Gasteiger partial charge in [0.1, 0.15) is 5.76 Å². The number of nitrogens with one attached hydrogen (secondary N) is 1. The number of likely N-dealkylation sites (N-methyl/N-ethyl adjacent to an activating group) is 1. The van der Waals surface area contributed by atoms with Gasteiger partial charge < -0.3 is 14.6 Å². The summed E-state index contributed by atoms with van der Waals surface area (Å²) >= 11 is 0. The molecule has 2 aliphatic heterocycles. The van der Waals surface area contributed by atoms with E-state index in [1.165, 1.54) is 18.7 Å². The lowest BCUT2D eigenvalue weighted by molar-refractivity contribution is 0.315. The second-order valence-electron chi connectivity index (χ2n) is 5.53. The van der Waals surface area contributed by atoms with Gasteiger partial charge in [-0.3, -0.25) is 0 Å². The van der Waals surface area contributed by atoms with Crippen molar-refractivity contribution in [2.24, 2.45) is 5.92 Å². The van der Waals surface area contributed by atoms with Gasteiger partial charge in [-0.15, -0.1) is 0 Å². The van der Waals surface area contributed by atoms with Crippen LogP contribution in [-0.2, 0) is 6.42 Å². The molecular weight excluding hydrogens is 214 g/mol. The topological polar surface area (TPSA) is 41.3 Å². The maximum atomic E-state index is 5.81. The molecule has 94 valence electrons. The quantitative estimate of drug-likeness (QED) is 0.853. The van der Waals surface area contributed by atoms with E-state index in [2.05, 4.69) is 24.2 Å². The molecule has 1 unspecified atom stereocenters. The first-order valence-corrected chi connectivity index (χ1v) is 6.58. The zero-order chi connectivity index (χ0) is 11.8. The summed E-state index contributed by atoms with van der Waals surface area (Å²) in [4.78, 5) is 7.10. The van der Waals surface area contributed by atoms with Crippen LogP contribution < -0.4 is 5.32 Å². The molecule has 1 aromatic rings. The van der Waals surface area contributed by atoms with E-state index in [4.69, 9.17) is 9.40 Å². The van der Waals surface area contributed by atoms with Crippen LogP contribution >= 0.6 is 0 Å². The number of likely N-dealkylation sites (tertiary alicyclic amines) is 1. The van der Waals surface area contributed by atoms with E-state index in [9.17, 15) is 0 Å². The third kappa shape index (κ3) is 2.24. The van der Waals surface area contributed by atoms with Gasteiger partial charge in [-0.1, -0.05) is 0 Å². The van der Waals surface area contributed by atoms with Gasteiger partial charge in [0.2, 0.25) is 0 Å². The van der Waals surface area contributed by atoms with Crippen molar-refractivity contribution in [1.29, 1.82) is 0 Å². The van der Waals surface area contributed by atoms with Crippen LogP contribution in [0.3, 0.4) is 0 Å². The molecule has 2 fully saturated rings. The fourth-order valence-corrected chi connectivity index (χ4v) is 2.83. The van der Waals surface area contributed by atoms with Gasteiger partial charge in [0, 0.05) is 18.9 Å². The van der Waals surface area contributed by atoms with E-state index < -0.39 is 0 Å². The molecule has 0 aromatic carbocycles. The van der Waals surface area contributed by atoms with Crippen molar-refractivity contribution in [3.05, 3.63) is 17.3 Å². The van der Waals surface area contributed by atoms with Gasteiger partial charge in [0.25, 0.3) is 0 Å². The Labute approximate surface area is 102 Å². The summed E-state index contributed by atoms with van der Waals surface area (Å²) in [7, 11) is 2.18. The maximum absolute atomic E-state index is 5.81. The first-order chi connectivity index (χ1) is 8.22. The smallest absolute Gasteiger partial charge is 0.194 e. The highest BCUT2D eigenvalue weighted by molar-refractivity contribution is 5.16. The van der Waals surface area contributed by atoms with E-state index in [-0.39, 0.29) is 0 Å². The number of hydrogen-bond acceptors (Lipinski definition) is 4. The van der Waals surface area contributed by atoms with Gasteiger partial charge in [-0.25, -0.2) is 4.98 Å². The molecule has 17 heavy (non-hydrogen) atoms. The Morgan fingerprint density at radius 2 is 2.29 bits per heavy atom. The van der Waals surface area contributed by atoms with E-state index in [1.54, 1.807) is 0 Å². The molecule has 1 aromatic heterocycles. The van der Waals surface area contributed by atoms with Crippen LogP contribution in [-0.4, -0.2) is 43.1 Å². The Morgan fingerprint density at radius 3 is 2.88 bits per heavy atom. The monoisotopic (exact) mass is 235 g/mol. The summed E-state index contributed by atoms with van der Waals surface area (Å²) < 4.78 is 5.81. The summed E-state index contributed by atoms with van der Waals surface area (Å²) in [6.07, 6.45) is 2.21. The highest BCUT2D eigenvalue weighted by Gasteiger charge is 2.27. The number of oxazole rings is 1. The number of nitrogens with zero attached hydrogens (tertiary/aromatic N) is 2. The number of hydrogen-bond donors (Lipinski definition) is 1. The van der Waals surface area contributed by atoms with Crippen molar-refractivity contribution in [1.82, 2.24) is 15.2 Å². The van der Waals surface area contributed by atoms with Crippen molar-refractivity contribution in [2.75, 3.05) is 33.2 Å². The second-order valence-corrected chi connectivity index (χ2v) is 5.53. The number of aromatic nitrogens is 1. The molecule has 0 amide bonds. The molecule has 0 aliphatic carbocycles. The fraction of sp³-hybridized carbons (Fsp3) is 0.769. The normalized spacial score (nSPS) is 26.4. The van der Waals surface area contributed by atoms with Crippen LogP contribution in [0.5, 0.6) is 0 Å². The third-order valence-electron chi connectivity index (χ3n) is 3.98. The molecular formula is C13H21N3O. The summed E-state index contributed by atoms with van der Waals surface area (Å²) in [5.74, 6) is 3.29. The molecule has 0 spiro atoms. The summed E-state index contributed by atoms with van der Waals surface area (Å²) in [6.45, 7) is 6.59. The van der Waals surface area contributed by atoms with E-state index in [0.717, 1.165) is 43.6 Å². The Bertz CT molecular complexity index is 397. The zero-order valence-corrected chi connectivity index (χ0v) is 10.7. The molecule has 2 aliphatic rings. The van der Waals surface area contributed by atoms with Crippen LogP contribution in [0.15, 0.2) is 4.42 Å². The van der Waals surface area contributed by atoms with Crippen molar-refractivity contribution < 1.29 is 4.42 Å². The van der Waals surface area contributed by atoms with Gasteiger partial charge in [0.05, 0.1) is 5.69 Å². The number of rotatable bonds is 3. The number of aryl methyl sites for hydroxylation is 1. The van der Waals surface area contributed by atoms with Crippen LogP contribution in [0.4, 0.5) is 0 Å². The Hall–Kier alpha value is -0.870. The molecule has 0 saturated carbocycles. The predicted molar refractivity (Wildman–Crippen MR) is 66.2 cm³/mol. The highest BCUT2D eigenvalue weighted by atomic mass is 16.4. The van der Waals surface area contributed by atoms with E-state index >= 15 is 0 Å². The summed E-state index contributed by atoms with van der Waals surface area (Å²) in [5.41, 5.74) is 1.21. The van der Waals surface area contributed by atoms with Gasteiger partial charge in [-0.05, 0) is 45.9 Å². The SMILES string of the molecule is Cc1oc(CC2CNC2)nc1C1CCN(C)C1. The molecule has 0 bridgehead atoms.